The molecule has 0 N–H and O–H groups in total. The molecular weight excluding hydrogens is 350 g/mol. The second-order valence-corrected chi connectivity index (χ2v) is 6.26. The molecule has 0 bridgehead atoms. The molecule has 0 saturated carbocycles. The number of carbonyl (C=O) groups is 1. The standard InChI is InChI=1S/C19H11N3O3S/c20-11-14-6-8-17(13-4-2-1-3-5-13)21-19(14)26-18-9-7-16(22(24)25)10-15(18)12-23/h1-10,12H. The van der Waals surface area contributed by atoms with Crippen molar-refractivity contribution in [1.82, 2.24) is 4.98 Å². The highest BCUT2D eigenvalue weighted by Crippen LogP contribution is 2.34. The molecule has 0 fully saturated rings. The number of carbonyl (C=O) groups excluding carboxylic acids is 1. The van der Waals surface area contributed by atoms with Crippen molar-refractivity contribution in [3.05, 3.63) is 81.9 Å². The van der Waals surface area contributed by atoms with Gasteiger partial charge in [0.25, 0.3) is 5.69 Å². The maximum atomic E-state index is 11.3. The Kier molecular flexibility index (Phi) is 5.06. The molecule has 26 heavy (non-hydrogen) atoms. The first kappa shape index (κ1) is 17.3. The zero-order chi connectivity index (χ0) is 18.5. The highest BCUT2D eigenvalue weighted by atomic mass is 32.2. The van der Waals surface area contributed by atoms with Crippen LogP contribution in [-0.2, 0) is 0 Å². The minimum absolute atomic E-state index is 0.164. The highest BCUT2D eigenvalue weighted by molar-refractivity contribution is 7.99. The van der Waals surface area contributed by atoms with E-state index in [1.807, 2.05) is 30.3 Å². The molecule has 3 rings (SSSR count). The van der Waals surface area contributed by atoms with Gasteiger partial charge in [-0.2, -0.15) is 5.26 Å². The monoisotopic (exact) mass is 361 g/mol. The molecule has 2 aromatic carbocycles. The Morgan fingerprint density at radius 2 is 1.88 bits per heavy atom. The molecule has 7 heteroatoms. The van der Waals surface area contributed by atoms with Crippen LogP contribution in [0.2, 0.25) is 0 Å². The summed E-state index contributed by atoms with van der Waals surface area (Å²) in [5, 5.41) is 20.6. The highest BCUT2D eigenvalue weighted by Gasteiger charge is 2.15. The lowest BCUT2D eigenvalue weighted by Gasteiger charge is -2.08. The second kappa shape index (κ2) is 7.59. The van der Waals surface area contributed by atoms with Crippen LogP contribution in [0.25, 0.3) is 11.3 Å². The number of aromatic nitrogens is 1. The second-order valence-electron chi connectivity index (χ2n) is 5.23. The van der Waals surface area contributed by atoms with Crippen molar-refractivity contribution >= 4 is 23.7 Å². The quantitative estimate of drug-likeness (QED) is 0.377. The molecule has 0 saturated heterocycles. The lowest BCUT2D eigenvalue weighted by Crippen LogP contribution is -1.94. The van der Waals surface area contributed by atoms with Crippen LogP contribution in [0.3, 0.4) is 0 Å². The van der Waals surface area contributed by atoms with E-state index < -0.39 is 4.92 Å². The van der Waals surface area contributed by atoms with Crippen molar-refractivity contribution in [1.29, 1.82) is 5.26 Å². The maximum Gasteiger partial charge on any atom is 0.270 e. The predicted molar refractivity (Wildman–Crippen MR) is 97.0 cm³/mol. The van der Waals surface area contributed by atoms with E-state index in [0.29, 0.717) is 27.5 Å². The van der Waals surface area contributed by atoms with Gasteiger partial charge < -0.3 is 0 Å². The molecule has 0 aliphatic heterocycles. The Morgan fingerprint density at radius 3 is 2.54 bits per heavy atom. The minimum atomic E-state index is -0.559. The molecule has 0 amide bonds. The molecule has 0 atom stereocenters. The van der Waals surface area contributed by atoms with Crippen molar-refractivity contribution < 1.29 is 9.72 Å². The normalized spacial score (nSPS) is 10.1. The van der Waals surface area contributed by atoms with Crippen LogP contribution in [0.1, 0.15) is 15.9 Å². The zero-order valence-corrected chi connectivity index (χ0v) is 14.1. The number of nitro benzene ring substituents is 1. The lowest BCUT2D eigenvalue weighted by molar-refractivity contribution is -0.384. The first-order valence-electron chi connectivity index (χ1n) is 7.50. The van der Waals surface area contributed by atoms with Gasteiger partial charge in [0.05, 0.1) is 16.2 Å². The molecule has 1 aromatic heterocycles. The molecule has 6 nitrogen and oxygen atoms in total. The van der Waals surface area contributed by atoms with E-state index in [0.717, 1.165) is 17.3 Å². The van der Waals surface area contributed by atoms with Crippen molar-refractivity contribution in [2.24, 2.45) is 0 Å². The third-order valence-electron chi connectivity index (χ3n) is 3.59. The fraction of sp³-hybridized carbons (Fsp3) is 0. The molecule has 0 aliphatic rings. The summed E-state index contributed by atoms with van der Waals surface area (Å²) < 4.78 is 0. The van der Waals surface area contributed by atoms with Gasteiger partial charge in [-0.05, 0) is 18.2 Å². The number of non-ortho nitro benzene ring substituents is 1. The first-order valence-corrected chi connectivity index (χ1v) is 8.32. The van der Waals surface area contributed by atoms with Gasteiger partial charge in [-0.15, -0.1) is 0 Å². The lowest BCUT2D eigenvalue weighted by atomic mass is 10.1. The summed E-state index contributed by atoms with van der Waals surface area (Å²) in [6, 6.07) is 19.0. The molecular formula is C19H11N3O3S. The topological polar surface area (TPSA) is 96.9 Å². The SMILES string of the molecule is N#Cc1ccc(-c2ccccc2)nc1Sc1ccc([N+](=O)[O-])cc1C=O. The number of hydrogen-bond acceptors (Lipinski definition) is 6. The van der Waals surface area contributed by atoms with Gasteiger partial charge in [0, 0.05) is 28.2 Å². The van der Waals surface area contributed by atoms with Crippen molar-refractivity contribution in [2.45, 2.75) is 9.92 Å². The van der Waals surface area contributed by atoms with Gasteiger partial charge in [-0.25, -0.2) is 4.98 Å². The molecule has 0 unspecified atom stereocenters. The van der Waals surface area contributed by atoms with E-state index in [1.165, 1.54) is 18.2 Å². The number of nitriles is 1. The Labute approximate surface area is 153 Å². The van der Waals surface area contributed by atoms with Crippen molar-refractivity contribution in [3.63, 3.8) is 0 Å². The minimum Gasteiger partial charge on any atom is -0.298 e. The molecule has 0 radical (unpaired) electrons. The number of nitrogens with zero attached hydrogens (tertiary/aromatic N) is 3. The van der Waals surface area contributed by atoms with Crippen LogP contribution in [0, 0.1) is 21.4 Å². The molecule has 126 valence electrons. The van der Waals surface area contributed by atoms with Gasteiger partial charge in [0.15, 0.2) is 6.29 Å². The Bertz CT molecular complexity index is 1030. The van der Waals surface area contributed by atoms with Crippen LogP contribution in [-0.4, -0.2) is 16.2 Å². The van der Waals surface area contributed by atoms with E-state index >= 15 is 0 Å². The summed E-state index contributed by atoms with van der Waals surface area (Å²) in [5.41, 5.74) is 1.98. The summed E-state index contributed by atoms with van der Waals surface area (Å²) in [6.45, 7) is 0. The third-order valence-corrected chi connectivity index (χ3v) is 4.68. The molecule has 3 aromatic rings. The van der Waals surface area contributed by atoms with Crippen LogP contribution in [0.4, 0.5) is 5.69 Å². The van der Waals surface area contributed by atoms with Gasteiger partial charge >= 0.3 is 0 Å². The molecule has 0 spiro atoms. The van der Waals surface area contributed by atoms with Gasteiger partial charge in [-0.1, -0.05) is 42.1 Å². The fourth-order valence-corrected chi connectivity index (χ4v) is 3.25. The average molecular weight is 361 g/mol. The van der Waals surface area contributed by atoms with E-state index in [1.54, 1.807) is 12.1 Å². The summed E-state index contributed by atoms with van der Waals surface area (Å²) in [5.74, 6) is 0. The van der Waals surface area contributed by atoms with E-state index in [4.69, 9.17) is 0 Å². The largest absolute Gasteiger partial charge is 0.298 e. The maximum absolute atomic E-state index is 11.3. The van der Waals surface area contributed by atoms with E-state index in [9.17, 15) is 20.2 Å². The number of aldehydes is 1. The Morgan fingerprint density at radius 1 is 1.12 bits per heavy atom. The Hall–Kier alpha value is -3.50. The van der Waals surface area contributed by atoms with Crippen LogP contribution in [0.5, 0.6) is 0 Å². The summed E-state index contributed by atoms with van der Waals surface area (Å²) in [7, 11) is 0. The summed E-state index contributed by atoms with van der Waals surface area (Å²) in [6.07, 6.45) is 0.558. The summed E-state index contributed by atoms with van der Waals surface area (Å²) >= 11 is 1.13. The predicted octanol–water partition coefficient (Wildman–Crippen LogP) is 4.49. The zero-order valence-electron chi connectivity index (χ0n) is 13.3. The third kappa shape index (κ3) is 3.61. The van der Waals surface area contributed by atoms with Crippen molar-refractivity contribution in [3.8, 4) is 17.3 Å². The number of pyridine rings is 1. The fourth-order valence-electron chi connectivity index (χ4n) is 2.31. The number of benzene rings is 2. The van der Waals surface area contributed by atoms with Gasteiger partial charge in [0.1, 0.15) is 11.1 Å². The summed E-state index contributed by atoms with van der Waals surface area (Å²) in [4.78, 5) is 26.7. The number of rotatable bonds is 5. The molecule has 1 heterocycles. The van der Waals surface area contributed by atoms with E-state index in [-0.39, 0.29) is 11.3 Å². The van der Waals surface area contributed by atoms with Crippen LogP contribution >= 0.6 is 11.8 Å². The average Bonchev–Trinajstić information content (AvgIpc) is 2.68. The smallest absolute Gasteiger partial charge is 0.270 e. The van der Waals surface area contributed by atoms with Gasteiger partial charge in [0.2, 0.25) is 0 Å². The first-order chi connectivity index (χ1) is 12.6. The number of hydrogen-bond donors (Lipinski definition) is 0. The van der Waals surface area contributed by atoms with Crippen LogP contribution < -0.4 is 0 Å². The van der Waals surface area contributed by atoms with Crippen LogP contribution in [0.15, 0.2) is 70.6 Å². The van der Waals surface area contributed by atoms with Crippen molar-refractivity contribution in [2.75, 3.05) is 0 Å². The number of nitro groups is 1. The van der Waals surface area contributed by atoms with E-state index in [2.05, 4.69) is 11.1 Å². The Balaban J connectivity index is 2.03. The molecule has 0 aliphatic carbocycles. The van der Waals surface area contributed by atoms with Gasteiger partial charge in [-0.3, -0.25) is 14.9 Å².